The fraction of sp³-hybridized carbons (Fsp3) is 0.308. The number of amides is 1. The summed E-state index contributed by atoms with van der Waals surface area (Å²) in [5.41, 5.74) is -0.962. The molecule has 5 heteroatoms. The summed E-state index contributed by atoms with van der Waals surface area (Å²) in [5.74, 6) is 0.385. The van der Waals surface area contributed by atoms with Crippen molar-refractivity contribution >= 4 is 33.4 Å². The van der Waals surface area contributed by atoms with Gasteiger partial charge in [-0.15, -0.1) is 0 Å². The average Bonchev–Trinajstić information content (AvgIpc) is 2.28. The molecule has 3 nitrogen and oxygen atoms in total. The number of halogens is 2. The Labute approximate surface area is 120 Å². The van der Waals surface area contributed by atoms with Crippen LogP contribution < -0.4 is 10.1 Å². The molecule has 1 aromatic carbocycles. The highest BCUT2D eigenvalue weighted by Gasteiger charge is 2.29. The van der Waals surface area contributed by atoms with E-state index in [-0.39, 0.29) is 5.91 Å². The van der Waals surface area contributed by atoms with Crippen LogP contribution in [0.1, 0.15) is 13.8 Å². The van der Waals surface area contributed by atoms with Gasteiger partial charge in [0, 0.05) is 16.0 Å². The molecule has 0 radical (unpaired) electrons. The maximum atomic E-state index is 11.9. The lowest BCUT2D eigenvalue weighted by molar-refractivity contribution is -0.133. The van der Waals surface area contributed by atoms with Crippen molar-refractivity contribution in [3.05, 3.63) is 40.3 Å². The molecule has 0 fully saturated rings. The third kappa shape index (κ3) is 4.70. The molecule has 18 heavy (non-hydrogen) atoms. The van der Waals surface area contributed by atoms with E-state index < -0.39 is 5.60 Å². The molecular weight excluding hydrogens is 318 g/mol. The molecule has 0 atom stereocenters. The van der Waals surface area contributed by atoms with Gasteiger partial charge < -0.3 is 10.1 Å². The van der Waals surface area contributed by atoms with Crippen LogP contribution in [0.25, 0.3) is 0 Å². The van der Waals surface area contributed by atoms with Gasteiger partial charge >= 0.3 is 0 Å². The Kier molecular flexibility index (Phi) is 5.23. The zero-order valence-electron chi connectivity index (χ0n) is 10.3. The molecule has 0 bridgehead atoms. The molecule has 0 spiro atoms. The first-order chi connectivity index (χ1) is 8.31. The summed E-state index contributed by atoms with van der Waals surface area (Å²) < 4.78 is 6.34. The molecular formula is C13H15BrClNO2. The Balaban J connectivity index is 2.65. The van der Waals surface area contributed by atoms with Crippen molar-refractivity contribution in [3.8, 4) is 5.75 Å². The van der Waals surface area contributed by atoms with E-state index in [2.05, 4.69) is 27.8 Å². The fourth-order valence-corrected chi connectivity index (χ4v) is 1.50. The third-order valence-electron chi connectivity index (χ3n) is 2.17. The molecule has 0 unspecified atom stereocenters. The maximum absolute atomic E-state index is 11.9. The molecule has 1 rings (SSSR count). The first-order valence-corrected chi connectivity index (χ1v) is 6.54. The predicted octanol–water partition coefficient (Wildman–Crippen LogP) is 3.52. The van der Waals surface area contributed by atoms with E-state index in [1.54, 1.807) is 38.1 Å². The van der Waals surface area contributed by atoms with Gasteiger partial charge in [-0.1, -0.05) is 34.1 Å². The van der Waals surface area contributed by atoms with Crippen molar-refractivity contribution in [1.29, 1.82) is 0 Å². The molecule has 0 saturated carbocycles. The van der Waals surface area contributed by atoms with Crippen molar-refractivity contribution in [2.24, 2.45) is 0 Å². The van der Waals surface area contributed by atoms with Crippen LogP contribution in [0, 0.1) is 0 Å². The maximum Gasteiger partial charge on any atom is 0.263 e. The van der Waals surface area contributed by atoms with Crippen LogP contribution in [0.2, 0.25) is 5.02 Å². The van der Waals surface area contributed by atoms with Crippen LogP contribution in [0.15, 0.2) is 35.3 Å². The highest BCUT2D eigenvalue weighted by atomic mass is 79.9. The predicted molar refractivity (Wildman–Crippen MR) is 77.2 cm³/mol. The van der Waals surface area contributed by atoms with Crippen LogP contribution in [0.4, 0.5) is 0 Å². The van der Waals surface area contributed by atoms with Crippen molar-refractivity contribution in [2.75, 3.05) is 6.54 Å². The lowest BCUT2D eigenvalue weighted by Crippen LogP contribution is -2.46. The van der Waals surface area contributed by atoms with Crippen molar-refractivity contribution in [2.45, 2.75) is 19.4 Å². The first-order valence-electron chi connectivity index (χ1n) is 5.37. The van der Waals surface area contributed by atoms with Gasteiger partial charge in [0.15, 0.2) is 5.60 Å². The Bertz CT molecular complexity index is 443. The van der Waals surface area contributed by atoms with Crippen LogP contribution in [-0.4, -0.2) is 18.1 Å². The Morgan fingerprint density at radius 2 is 2.00 bits per heavy atom. The van der Waals surface area contributed by atoms with E-state index in [1.165, 1.54) is 0 Å². The second-order valence-electron chi connectivity index (χ2n) is 4.27. The highest BCUT2D eigenvalue weighted by Crippen LogP contribution is 2.21. The topological polar surface area (TPSA) is 38.3 Å². The summed E-state index contributed by atoms with van der Waals surface area (Å²) in [7, 11) is 0. The SMILES string of the molecule is C=C(Br)CNC(=O)C(C)(C)Oc1ccc(Cl)cc1. The quantitative estimate of drug-likeness (QED) is 0.896. The number of carbonyl (C=O) groups is 1. The van der Waals surface area contributed by atoms with Gasteiger partial charge in [-0.25, -0.2) is 0 Å². The summed E-state index contributed by atoms with van der Waals surface area (Å²) in [6.07, 6.45) is 0. The Morgan fingerprint density at radius 3 is 2.50 bits per heavy atom. The van der Waals surface area contributed by atoms with Gasteiger partial charge in [-0.05, 0) is 38.1 Å². The second kappa shape index (κ2) is 6.25. The first kappa shape index (κ1) is 15.1. The van der Waals surface area contributed by atoms with E-state index in [0.29, 0.717) is 21.8 Å². The molecule has 0 aliphatic heterocycles. The summed E-state index contributed by atoms with van der Waals surface area (Å²) >= 11 is 8.96. The molecule has 0 aliphatic rings. The van der Waals surface area contributed by atoms with E-state index in [4.69, 9.17) is 16.3 Å². The van der Waals surface area contributed by atoms with Crippen LogP contribution in [0.5, 0.6) is 5.75 Å². The van der Waals surface area contributed by atoms with Gasteiger partial charge in [0.25, 0.3) is 5.91 Å². The van der Waals surface area contributed by atoms with E-state index in [9.17, 15) is 4.79 Å². The lowest BCUT2D eigenvalue weighted by Gasteiger charge is -2.25. The average molecular weight is 333 g/mol. The smallest absolute Gasteiger partial charge is 0.263 e. The molecule has 0 heterocycles. The molecule has 1 aromatic rings. The van der Waals surface area contributed by atoms with Crippen LogP contribution in [-0.2, 0) is 4.79 Å². The minimum absolute atomic E-state index is 0.210. The number of nitrogens with one attached hydrogen (secondary N) is 1. The number of hydrogen-bond acceptors (Lipinski definition) is 2. The summed E-state index contributed by atoms with van der Waals surface area (Å²) in [5, 5.41) is 3.34. The summed E-state index contributed by atoms with van der Waals surface area (Å²) in [6, 6.07) is 6.87. The van der Waals surface area contributed by atoms with Crippen LogP contribution in [0.3, 0.4) is 0 Å². The number of rotatable bonds is 5. The number of ether oxygens (including phenoxy) is 1. The second-order valence-corrected chi connectivity index (χ2v) is 5.82. The van der Waals surface area contributed by atoms with Crippen molar-refractivity contribution in [3.63, 3.8) is 0 Å². The van der Waals surface area contributed by atoms with E-state index in [1.807, 2.05) is 0 Å². The fourth-order valence-electron chi connectivity index (χ4n) is 1.23. The normalized spacial score (nSPS) is 10.9. The van der Waals surface area contributed by atoms with E-state index >= 15 is 0 Å². The summed E-state index contributed by atoms with van der Waals surface area (Å²) in [4.78, 5) is 11.9. The molecule has 0 aromatic heterocycles. The minimum Gasteiger partial charge on any atom is -0.478 e. The zero-order chi connectivity index (χ0) is 13.8. The molecule has 1 amide bonds. The summed E-state index contributed by atoms with van der Waals surface area (Å²) in [6.45, 7) is 7.42. The number of benzene rings is 1. The molecule has 0 aliphatic carbocycles. The molecule has 1 N–H and O–H groups in total. The monoisotopic (exact) mass is 331 g/mol. The van der Waals surface area contributed by atoms with Crippen molar-refractivity contribution < 1.29 is 9.53 Å². The van der Waals surface area contributed by atoms with Gasteiger partial charge in [0.2, 0.25) is 0 Å². The van der Waals surface area contributed by atoms with Crippen molar-refractivity contribution in [1.82, 2.24) is 5.32 Å². The standard InChI is InChI=1S/C13H15BrClNO2/c1-9(14)8-16-12(17)13(2,3)18-11-6-4-10(15)5-7-11/h4-7H,1,8H2,2-3H3,(H,16,17). The number of carbonyl (C=O) groups excluding carboxylic acids is 1. The molecule has 0 saturated heterocycles. The van der Waals surface area contributed by atoms with Crippen LogP contribution >= 0.6 is 27.5 Å². The van der Waals surface area contributed by atoms with Gasteiger partial charge in [0.1, 0.15) is 5.75 Å². The number of hydrogen-bond donors (Lipinski definition) is 1. The van der Waals surface area contributed by atoms with E-state index in [0.717, 1.165) is 0 Å². The zero-order valence-corrected chi connectivity index (χ0v) is 12.6. The Morgan fingerprint density at radius 1 is 1.44 bits per heavy atom. The minimum atomic E-state index is -0.962. The van der Waals surface area contributed by atoms with Gasteiger partial charge in [0.05, 0.1) is 0 Å². The largest absolute Gasteiger partial charge is 0.478 e. The Hall–Kier alpha value is -1.00. The third-order valence-corrected chi connectivity index (χ3v) is 2.71. The highest BCUT2D eigenvalue weighted by molar-refractivity contribution is 9.11. The molecule has 98 valence electrons. The van der Waals surface area contributed by atoms with Gasteiger partial charge in [-0.2, -0.15) is 0 Å². The van der Waals surface area contributed by atoms with Gasteiger partial charge in [-0.3, -0.25) is 4.79 Å². The lowest BCUT2D eigenvalue weighted by atomic mass is 10.1.